The molecule has 5 heterocycles. The van der Waals surface area contributed by atoms with Crippen molar-refractivity contribution in [1.29, 1.82) is 0 Å². The van der Waals surface area contributed by atoms with Crippen LogP contribution in [-0.4, -0.2) is 69.9 Å². The van der Waals surface area contributed by atoms with Gasteiger partial charge in [0.25, 0.3) is 5.91 Å². The number of anilines is 1. The highest BCUT2D eigenvalue weighted by atomic mass is 35.5. The van der Waals surface area contributed by atoms with Crippen LogP contribution in [0.15, 0.2) is 48.9 Å². The van der Waals surface area contributed by atoms with Crippen molar-refractivity contribution in [3.63, 3.8) is 0 Å². The summed E-state index contributed by atoms with van der Waals surface area (Å²) >= 11 is 5.98. The van der Waals surface area contributed by atoms with E-state index in [1.165, 1.54) is 0 Å². The van der Waals surface area contributed by atoms with Crippen LogP contribution in [0.1, 0.15) is 22.5 Å². The van der Waals surface area contributed by atoms with Crippen molar-refractivity contribution in [2.75, 3.05) is 38.6 Å². The summed E-state index contributed by atoms with van der Waals surface area (Å²) in [5.41, 5.74) is 1.93. The van der Waals surface area contributed by atoms with E-state index in [1.807, 2.05) is 29.3 Å². The van der Waals surface area contributed by atoms with E-state index in [1.54, 1.807) is 37.5 Å². The van der Waals surface area contributed by atoms with Gasteiger partial charge in [-0.15, -0.1) is 0 Å². The first kappa shape index (κ1) is 19.7. The molecule has 0 saturated carbocycles. The van der Waals surface area contributed by atoms with Gasteiger partial charge in [-0.2, -0.15) is 0 Å². The Kier molecular flexibility index (Phi) is 4.55. The molecule has 3 aromatic heterocycles. The van der Waals surface area contributed by atoms with Crippen LogP contribution >= 0.6 is 11.6 Å². The first-order chi connectivity index (χ1) is 14.9. The highest BCUT2D eigenvalue weighted by molar-refractivity contribution is 6.29. The van der Waals surface area contributed by atoms with Crippen LogP contribution in [0.4, 0.5) is 5.69 Å². The minimum Gasteiger partial charge on any atom is -0.352 e. The number of likely N-dealkylation sites (N-methyl/N-ethyl adjacent to an activating group) is 1. The number of aromatic nitrogens is 3. The number of hydrogen-bond acceptors (Lipinski definition) is 4. The Morgan fingerprint density at radius 2 is 2.13 bits per heavy atom. The Labute approximate surface area is 185 Å². The molecule has 0 aromatic carbocycles. The molecule has 0 radical (unpaired) electrons. The largest absolute Gasteiger partial charge is 0.352 e. The molecule has 2 aliphatic heterocycles. The molecular formula is C22H23ClN6O2. The number of pyridine rings is 1. The van der Waals surface area contributed by atoms with Gasteiger partial charge in [0.1, 0.15) is 10.7 Å². The summed E-state index contributed by atoms with van der Waals surface area (Å²) in [6.07, 6.45) is 6.08. The SMILES string of the molecule is CN(C)C(=O)CN1c2cccnc2-n2cccc2[C@@]12CCN(C(=O)c1c[nH]c(Cl)c1)C2. The lowest BCUT2D eigenvalue weighted by Gasteiger charge is -2.46. The first-order valence-electron chi connectivity index (χ1n) is 10.1. The lowest BCUT2D eigenvalue weighted by Crippen LogP contribution is -2.55. The summed E-state index contributed by atoms with van der Waals surface area (Å²) in [5, 5.41) is 0.432. The molecule has 0 unspecified atom stereocenters. The Balaban J connectivity index is 1.59. The quantitative estimate of drug-likeness (QED) is 0.681. The maximum atomic E-state index is 13.2. The molecule has 31 heavy (non-hydrogen) atoms. The minimum atomic E-state index is -0.527. The number of aromatic amines is 1. The summed E-state index contributed by atoms with van der Waals surface area (Å²) in [5.74, 6) is 0.715. The third-order valence-corrected chi connectivity index (χ3v) is 6.47. The molecule has 5 rings (SSSR count). The highest BCUT2D eigenvalue weighted by Crippen LogP contribution is 2.47. The van der Waals surface area contributed by atoms with Gasteiger partial charge in [-0.1, -0.05) is 11.6 Å². The highest BCUT2D eigenvalue weighted by Gasteiger charge is 2.51. The number of carbonyl (C=O) groups excluding carboxylic acids is 2. The molecule has 1 atom stereocenters. The number of nitrogens with one attached hydrogen (secondary N) is 1. The second-order valence-electron chi connectivity index (χ2n) is 8.23. The Bertz CT molecular complexity index is 1170. The zero-order valence-corrected chi connectivity index (χ0v) is 18.1. The average molecular weight is 439 g/mol. The molecule has 160 valence electrons. The fourth-order valence-corrected chi connectivity index (χ4v) is 4.85. The van der Waals surface area contributed by atoms with E-state index in [2.05, 4.69) is 25.5 Å². The van der Waals surface area contributed by atoms with Gasteiger partial charge >= 0.3 is 0 Å². The van der Waals surface area contributed by atoms with Crippen LogP contribution in [0.5, 0.6) is 0 Å². The van der Waals surface area contributed by atoms with Crippen molar-refractivity contribution in [1.82, 2.24) is 24.3 Å². The molecule has 0 bridgehead atoms. The normalized spacial score (nSPS) is 19.5. The van der Waals surface area contributed by atoms with Crippen molar-refractivity contribution >= 4 is 29.1 Å². The fourth-order valence-electron chi connectivity index (χ4n) is 4.68. The van der Waals surface area contributed by atoms with Gasteiger partial charge in [-0.25, -0.2) is 4.98 Å². The van der Waals surface area contributed by atoms with E-state index in [4.69, 9.17) is 11.6 Å². The molecule has 1 saturated heterocycles. The van der Waals surface area contributed by atoms with Crippen molar-refractivity contribution in [3.05, 3.63) is 65.3 Å². The summed E-state index contributed by atoms with van der Waals surface area (Å²) in [6, 6.07) is 9.57. The topological polar surface area (TPSA) is 77.5 Å². The number of rotatable bonds is 3. The molecule has 1 fully saturated rings. The van der Waals surface area contributed by atoms with E-state index in [0.29, 0.717) is 30.2 Å². The number of H-pyrrole nitrogens is 1. The molecule has 2 amide bonds. The van der Waals surface area contributed by atoms with Gasteiger partial charge in [-0.05, 0) is 36.8 Å². The number of hydrogen-bond donors (Lipinski definition) is 1. The molecule has 0 aliphatic carbocycles. The van der Waals surface area contributed by atoms with Crippen LogP contribution in [0, 0.1) is 0 Å². The summed E-state index contributed by atoms with van der Waals surface area (Å²) in [6.45, 7) is 1.25. The molecule has 1 spiro atoms. The van der Waals surface area contributed by atoms with Gasteiger partial charge in [0.05, 0.1) is 23.5 Å². The third-order valence-electron chi connectivity index (χ3n) is 6.25. The number of amides is 2. The lowest BCUT2D eigenvalue weighted by atomic mass is 9.88. The number of nitrogens with zero attached hydrogens (tertiary/aromatic N) is 5. The molecular weight excluding hydrogens is 416 g/mol. The van der Waals surface area contributed by atoms with E-state index in [-0.39, 0.29) is 18.4 Å². The monoisotopic (exact) mass is 438 g/mol. The van der Waals surface area contributed by atoms with Crippen molar-refractivity contribution in [2.45, 2.75) is 12.0 Å². The van der Waals surface area contributed by atoms with Gasteiger partial charge in [0, 0.05) is 45.8 Å². The van der Waals surface area contributed by atoms with E-state index in [9.17, 15) is 9.59 Å². The van der Waals surface area contributed by atoms with Gasteiger partial charge < -0.3 is 24.3 Å². The van der Waals surface area contributed by atoms with Gasteiger partial charge in [-0.3, -0.25) is 9.59 Å². The summed E-state index contributed by atoms with van der Waals surface area (Å²) in [4.78, 5) is 39.0. The Morgan fingerprint density at radius 3 is 2.87 bits per heavy atom. The molecule has 3 aromatic rings. The molecule has 1 N–H and O–H groups in total. The molecule has 8 nitrogen and oxygen atoms in total. The van der Waals surface area contributed by atoms with E-state index in [0.717, 1.165) is 17.2 Å². The van der Waals surface area contributed by atoms with Gasteiger partial charge in [0.15, 0.2) is 5.82 Å². The maximum absolute atomic E-state index is 13.2. The minimum absolute atomic E-state index is 0.00335. The number of fused-ring (bicyclic) bond motifs is 4. The van der Waals surface area contributed by atoms with Crippen molar-refractivity contribution in [2.24, 2.45) is 0 Å². The zero-order chi connectivity index (χ0) is 21.8. The Morgan fingerprint density at radius 1 is 1.29 bits per heavy atom. The summed E-state index contributed by atoms with van der Waals surface area (Å²) in [7, 11) is 3.51. The van der Waals surface area contributed by atoms with Gasteiger partial charge in [0.2, 0.25) is 5.91 Å². The van der Waals surface area contributed by atoms with Crippen LogP contribution in [-0.2, 0) is 10.3 Å². The van der Waals surface area contributed by atoms with E-state index >= 15 is 0 Å². The fraction of sp³-hybridized carbons (Fsp3) is 0.318. The number of likely N-dealkylation sites (tertiary alicyclic amines) is 1. The van der Waals surface area contributed by atoms with Crippen LogP contribution < -0.4 is 4.90 Å². The standard InChI is InChI=1S/C22H23ClN6O2/c1-26(2)19(30)13-29-16-5-3-8-24-20(16)28-9-4-6-17(28)22(29)7-10-27(14-22)21(31)15-11-18(23)25-12-15/h3-6,8-9,11-12,25H,7,10,13-14H2,1-2H3/t22-/m0/s1. The van der Waals surface area contributed by atoms with Crippen LogP contribution in [0.2, 0.25) is 5.15 Å². The van der Waals surface area contributed by atoms with Crippen LogP contribution in [0.25, 0.3) is 5.82 Å². The second-order valence-corrected chi connectivity index (χ2v) is 8.64. The third kappa shape index (κ3) is 3.01. The average Bonchev–Trinajstić information content (AvgIpc) is 3.50. The predicted molar refractivity (Wildman–Crippen MR) is 118 cm³/mol. The van der Waals surface area contributed by atoms with Crippen LogP contribution in [0.3, 0.4) is 0 Å². The Hall–Kier alpha value is -3.26. The zero-order valence-electron chi connectivity index (χ0n) is 17.4. The van der Waals surface area contributed by atoms with Crippen molar-refractivity contribution < 1.29 is 9.59 Å². The van der Waals surface area contributed by atoms with E-state index < -0.39 is 5.54 Å². The lowest BCUT2D eigenvalue weighted by molar-refractivity contribution is -0.127. The maximum Gasteiger partial charge on any atom is 0.255 e. The second kappa shape index (κ2) is 7.16. The first-order valence-corrected chi connectivity index (χ1v) is 10.5. The summed E-state index contributed by atoms with van der Waals surface area (Å²) < 4.78 is 2.08. The number of halogens is 1. The molecule has 2 aliphatic rings. The smallest absolute Gasteiger partial charge is 0.255 e. The predicted octanol–water partition coefficient (Wildman–Crippen LogP) is 2.50. The molecule has 9 heteroatoms. The number of carbonyl (C=O) groups is 2. The van der Waals surface area contributed by atoms with Crippen molar-refractivity contribution in [3.8, 4) is 5.82 Å².